The van der Waals surface area contributed by atoms with Crippen molar-refractivity contribution >= 4 is 30.1 Å². The van der Waals surface area contributed by atoms with Crippen molar-refractivity contribution in [1.82, 2.24) is 29.7 Å². The van der Waals surface area contributed by atoms with Crippen molar-refractivity contribution in [1.29, 1.82) is 0 Å². The van der Waals surface area contributed by atoms with Gasteiger partial charge in [-0.25, -0.2) is 20.0 Å². The van der Waals surface area contributed by atoms with Crippen molar-refractivity contribution in [2.75, 3.05) is 38.4 Å². The number of rotatable bonds is 17. The second-order valence-electron chi connectivity index (χ2n) is 11.1. The van der Waals surface area contributed by atoms with Crippen LogP contribution in [0.1, 0.15) is 58.9 Å². The average molecular weight is 636 g/mol. The number of aromatic nitrogens is 4. The molecular weight excluding hydrogens is 589 g/mol. The zero-order chi connectivity index (χ0) is 32.6. The second kappa shape index (κ2) is 15.7. The zero-order valence-corrected chi connectivity index (χ0v) is 27.6. The van der Waals surface area contributed by atoms with Crippen molar-refractivity contribution in [3.05, 3.63) is 38.5 Å². The lowest BCUT2D eigenvalue weighted by Gasteiger charge is -2.29. The molecule has 244 valence electrons. The Hall–Kier alpha value is -3.16. The van der Waals surface area contributed by atoms with Crippen LogP contribution >= 0.6 is 7.44 Å². The molecule has 1 aromatic carbocycles. The number of benzene rings is 1. The number of aryl methyl sites for hydroxylation is 2. The maximum Gasteiger partial charge on any atom is 0.349 e. The SMILES string of the molecule is CCOC(=O)C(C)NP(=O)(CCCCCCn1c2nc(=O)[nH]c(=O)c-2nc2cc(C)c(N(C)C)cc21)NC(C)C(O)OCC. The molecule has 0 bridgehead atoms. The smallest absolute Gasteiger partial charge is 0.349 e. The van der Waals surface area contributed by atoms with E-state index < -0.39 is 43.0 Å². The van der Waals surface area contributed by atoms with Crippen LogP contribution < -0.4 is 26.3 Å². The van der Waals surface area contributed by atoms with E-state index in [0.29, 0.717) is 37.9 Å². The topological polar surface area (TPSA) is 181 Å². The van der Waals surface area contributed by atoms with Gasteiger partial charge in [-0.2, -0.15) is 4.98 Å². The number of ether oxygens (including phenoxy) is 2. The number of nitrogens with one attached hydrogen (secondary N) is 3. The number of esters is 1. The first-order valence-corrected chi connectivity index (χ1v) is 16.9. The molecule has 0 amide bonds. The van der Waals surface area contributed by atoms with Crippen molar-refractivity contribution < 1.29 is 23.9 Å². The largest absolute Gasteiger partial charge is 0.465 e. The summed E-state index contributed by atoms with van der Waals surface area (Å²) < 4.78 is 26.1. The minimum atomic E-state index is -3.33. The lowest BCUT2D eigenvalue weighted by molar-refractivity contribution is -0.144. The Bertz CT molecular complexity index is 1560. The fourth-order valence-electron chi connectivity index (χ4n) is 5.11. The summed E-state index contributed by atoms with van der Waals surface area (Å²) in [5.74, 6) is -0.282. The Labute approximate surface area is 257 Å². The number of nitrogens with zero attached hydrogens (tertiary/aromatic N) is 4. The molecule has 14 nitrogen and oxygen atoms in total. The van der Waals surface area contributed by atoms with Gasteiger partial charge in [0.1, 0.15) is 6.04 Å². The Kier molecular flexibility index (Phi) is 12.6. The van der Waals surface area contributed by atoms with E-state index in [1.54, 1.807) is 27.7 Å². The Morgan fingerprint density at radius 1 is 1.09 bits per heavy atom. The number of aliphatic hydroxyl groups excluding tert-OH is 1. The Morgan fingerprint density at radius 3 is 2.45 bits per heavy atom. The lowest BCUT2D eigenvalue weighted by Crippen LogP contribution is -2.44. The fourth-order valence-corrected chi connectivity index (χ4v) is 7.63. The summed E-state index contributed by atoms with van der Waals surface area (Å²) >= 11 is 0. The summed E-state index contributed by atoms with van der Waals surface area (Å²) in [5, 5.41) is 16.1. The molecule has 3 rings (SSSR count). The molecular formula is C29H46N7O7P. The van der Waals surface area contributed by atoms with E-state index in [1.807, 2.05) is 42.6 Å². The normalized spacial score (nSPS) is 15.2. The highest BCUT2D eigenvalue weighted by Crippen LogP contribution is 2.39. The Balaban J connectivity index is 1.75. The number of carbonyl (C=O) groups is 1. The van der Waals surface area contributed by atoms with Gasteiger partial charge < -0.3 is 24.0 Å². The summed E-state index contributed by atoms with van der Waals surface area (Å²) in [6, 6.07) is 2.44. The first-order chi connectivity index (χ1) is 20.8. The standard InChI is InChI=1S/C29H46N7O7P/c1-8-42-27(38)19(4)33-44(41,34-20(5)28(39)43-9-2)15-13-11-10-12-14-36-23-17-22(35(6)7)18(3)16-21(23)30-24-25(36)31-29(40)32-26(24)37/h16-17,19-20,27,38H,8-15H2,1-7H3,(H,32,37,40)(H2,33,34,41). The molecule has 4 atom stereocenters. The summed E-state index contributed by atoms with van der Waals surface area (Å²) in [7, 11) is 0.557. The van der Waals surface area contributed by atoms with Crippen LogP contribution in [-0.4, -0.2) is 82.4 Å². The average Bonchev–Trinajstić information content (AvgIpc) is 2.94. The van der Waals surface area contributed by atoms with Crippen LogP contribution in [0, 0.1) is 6.92 Å². The van der Waals surface area contributed by atoms with E-state index in [1.165, 1.54) is 0 Å². The molecule has 0 saturated heterocycles. The van der Waals surface area contributed by atoms with Gasteiger partial charge >= 0.3 is 11.7 Å². The number of hydrogen-bond acceptors (Lipinski definition) is 10. The summed E-state index contributed by atoms with van der Waals surface area (Å²) in [5.41, 5.74) is 2.16. The van der Waals surface area contributed by atoms with E-state index in [-0.39, 0.29) is 24.3 Å². The summed E-state index contributed by atoms with van der Waals surface area (Å²) in [6.45, 7) is 9.66. The van der Waals surface area contributed by atoms with Crippen LogP contribution in [-0.2, 0) is 25.4 Å². The lowest BCUT2D eigenvalue weighted by atomic mass is 10.1. The summed E-state index contributed by atoms with van der Waals surface area (Å²) in [6.07, 6.45) is 1.80. The van der Waals surface area contributed by atoms with E-state index in [2.05, 4.69) is 25.1 Å². The number of carbonyl (C=O) groups excluding carboxylic acids is 1. The number of anilines is 1. The molecule has 15 heteroatoms. The molecule has 0 aliphatic carbocycles. The highest BCUT2D eigenvalue weighted by atomic mass is 31.2. The maximum absolute atomic E-state index is 13.9. The van der Waals surface area contributed by atoms with Crippen molar-refractivity contribution in [2.45, 2.75) is 85.2 Å². The van der Waals surface area contributed by atoms with Crippen molar-refractivity contribution in [3.63, 3.8) is 0 Å². The van der Waals surface area contributed by atoms with E-state index >= 15 is 0 Å². The fraction of sp³-hybridized carbons (Fsp3) is 0.621. The van der Waals surface area contributed by atoms with Gasteiger partial charge in [-0.1, -0.05) is 12.8 Å². The van der Waals surface area contributed by atoms with Crippen LogP contribution in [0.4, 0.5) is 5.69 Å². The van der Waals surface area contributed by atoms with Gasteiger partial charge in [-0.15, -0.1) is 0 Å². The monoisotopic (exact) mass is 635 g/mol. The van der Waals surface area contributed by atoms with E-state index in [9.17, 15) is 24.1 Å². The quantitative estimate of drug-likeness (QED) is 0.0561. The number of aliphatic hydroxyl groups is 1. The molecule has 0 radical (unpaired) electrons. The predicted octanol–water partition coefficient (Wildman–Crippen LogP) is 2.59. The van der Waals surface area contributed by atoms with Crippen molar-refractivity contribution in [3.8, 4) is 11.5 Å². The minimum absolute atomic E-state index is 0.103. The third-order valence-corrected chi connectivity index (χ3v) is 9.81. The highest BCUT2D eigenvalue weighted by Gasteiger charge is 2.31. The van der Waals surface area contributed by atoms with Gasteiger partial charge in [0.05, 0.1) is 23.7 Å². The summed E-state index contributed by atoms with van der Waals surface area (Å²) in [4.78, 5) is 49.8. The highest BCUT2D eigenvalue weighted by molar-refractivity contribution is 7.59. The number of aromatic amines is 1. The third-order valence-electron chi connectivity index (χ3n) is 7.23. The van der Waals surface area contributed by atoms with Crippen LogP contribution in [0.5, 0.6) is 0 Å². The molecule has 2 aliphatic rings. The van der Waals surface area contributed by atoms with Gasteiger partial charge in [0, 0.05) is 39.1 Å². The van der Waals surface area contributed by atoms with Crippen LogP contribution in [0.25, 0.3) is 22.6 Å². The second-order valence-corrected chi connectivity index (χ2v) is 13.5. The van der Waals surface area contributed by atoms with Gasteiger partial charge in [-0.3, -0.25) is 19.1 Å². The predicted molar refractivity (Wildman–Crippen MR) is 171 cm³/mol. The molecule has 44 heavy (non-hydrogen) atoms. The van der Waals surface area contributed by atoms with Gasteiger partial charge in [0.25, 0.3) is 5.56 Å². The first-order valence-electron chi connectivity index (χ1n) is 15.0. The molecule has 2 heterocycles. The number of fused-ring (bicyclic) bond motifs is 2. The van der Waals surface area contributed by atoms with E-state index in [0.717, 1.165) is 23.2 Å². The number of hydrogen-bond donors (Lipinski definition) is 4. The van der Waals surface area contributed by atoms with E-state index in [4.69, 9.17) is 9.47 Å². The Morgan fingerprint density at radius 2 is 1.80 bits per heavy atom. The molecule has 4 N–H and O–H groups in total. The van der Waals surface area contributed by atoms with Crippen LogP contribution in [0.15, 0.2) is 21.7 Å². The van der Waals surface area contributed by atoms with Crippen molar-refractivity contribution in [2.24, 2.45) is 0 Å². The molecule has 0 spiro atoms. The van der Waals surface area contributed by atoms with Crippen LogP contribution in [0.2, 0.25) is 0 Å². The first kappa shape index (κ1) is 35.3. The molecule has 0 fully saturated rings. The molecule has 4 unspecified atom stereocenters. The zero-order valence-electron chi connectivity index (χ0n) is 26.7. The van der Waals surface area contributed by atoms with Crippen LogP contribution in [0.3, 0.4) is 0 Å². The minimum Gasteiger partial charge on any atom is -0.465 e. The molecule has 2 aliphatic heterocycles. The maximum atomic E-state index is 13.9. The molecule has 0 aromatic heterocycles. The molecule has 0 saturated carbocycles. The molecule has 1 aromatic rings. The van der Waals surface area contributed by atoms with Gasteiger partial charge in [0.2, 0.25) is 7.44 Å². The van der Waals surface area contributed by atoms with Gasteiger partial charge in [-0.05, 0) is 65.2 Å². The number of unbranched alkanes of at least 4 members (excludes halogenated alkanes) is 3. The van der Waals surface area contributed by atoms with Gasteiger partial charge in [0.15, 0.2) is 17.8 Å². The third kappa shape index (κ3) is 8.95. The number of H-pyrrole nitrogens is 1.